The molecular formula is C18H19ClN2O. The summed E-state index contributed by atoms with van der Waals surface area (Å²) in [6.07, 6.45) is 1.08. The fraction of sp³-hybridized carbons (Fsp3) is 0.222. The first-order chi connectivity index (χ1) is 10.4. The molecule has 0 fully saturated rings. The molecule has 2 heterocycles. The van der Waals surface area contributed by atoms with Crippen LogP contribution in [0.15, 0.2) is 48.5 Å². The van der Waals surface area contributed by atoms with Gasteiger partial charge in [-0.3, -0.25) is 0 Å². The van der Waals surface area contributed by atoms with Crippen LogP contribution in [0.2, 0.25) is 0 Å². The molecule has 3 aromatic rings. The minimum atomic E-state index is 0. The second kappa shape index (κ2) is 6.03. The zero-order valence-electron chi connectivity index (χ0n) is 12.4. The molecule has 0 amide bonds. The van der Waals surface area contributed by atoms with E-state index < -0.39 is 0 Å². The van der Waals surface area contributed by atoms with Gasteiger partial charge in [-0.1, -0.05) is 30.3 Å². The molecule has 0 spiro atoms. The van der Waals surface area contributed by atoms with Crippen molar-refractivity contribution >= 4 is 23.3 Å². The maximum Gasteiger partial charge on any atom is 0.118 e. The van der Waals surface area contributed by atoms with Gasteiger partial charge in [0.2, 0.25) is 0 Å². The molecule has 1 unspecified atom stereocenters. The molecular weight excluding hydrogens is 296 g/mol. The van der Waals surface area contributed by atoms with E-state index in [0.717, 1.165) is 18.7 Å². The van der Waals surface area contributed by atoms with Gasteiger partial charge in [-0.05, 0) is 35.7 Å². The monoisotopic (exact) mass is 314 g/mol. The Hall–Kier alpha value is -1.97. The number of methoxy groups -OCH3 is 1. The Balaban J connectivity index is 0.00000144. The lowest BCUT2D eigenvalue weighted by molar-refractivity contribution is 0.414. The summed E-state index contributed by atoms with van der Waals surface area (Å²) in [6.45, 7) is 1.01. The van der Waals surface area contributed by atoms with Crippen LogP contribution in [-0.4, -0.2) is 18.6 Å². The van der Waals surface area contributed by atoms with Crippen molar-refractivity contribution in [3.63, 3.8) is 0 Å². The van der Waals surface area contributed by atoms with Gasteiger partial charge in [0.1, 0.15) is 5.75 Å². The first kappa shape index (κ1) is 14.9. The van der Waals surface area contributed by atoms with Crippen LogP contribution in [0.3, 0.4) is 0 Å². The Morgan fingerprint density at radius 3 is 2.59 bits per heavy atom. The average molecular weight is 315 g/mol. The molecule has 1 aliphatic heterocycles. The maximum atomic E-state index is 5.25. The summed E-state index contributed by atoms with van der Waals surface area (Å²) < 4.78 is 5.25. The molecule has 4 heteroatoms. The molecule has 114 valence electrons. The van der Waals surface area contributed by atoms with Gasteiger partial charge in [0.05, 0.1) is 13.2 Å². The number of ether oxygens (including phenoxy) is 1. The highest BCUT2D eigenvalue weighted by atomic mass is 35.5. The summed E-state index contributed by atoms with van der Waals surface area (Å²) in [5.74, 6) is 0.895. The van der Waals surface area contributed by atoms with Gasteiger partial charge >= 0.3 is 0 Å². The van der Waals surface area contributed by atoms with E-state index in [-0.39, 0.29) is 18.4 Å². The summed E-state index contributed by atoms with van der Waals surface area (Å²) in [5, 5.41) is 4.97. The predicted molar refractivity (Wildman–Crippen MR) is 92.1 cm³/mol. The molecule has 1 aliphatic rings. The smallest absolute Gasteiger partial charge is 0.118 e. The summed E-state index contributed by atoms with van der Waals surface area (Å²) in [4.78, 5) is 3.60. The number of fused-ring (bicyclic) bond motifs is 3. The van der Waals surface area contributed by atoms with Crippen LogP contribution < -0.4 is 10.1 Å². The van der Waals surface area contributed by atoms with Crippen molar-refractivity contribution in [2.45, 2.75) is 12.5 Å². The molecule has 0 aliphatic carbocycles. The Morgan fingerprint density at radius 1 is 1.05 bits per heavy atom. The molecule has 0 saturated heterocycles. The number of aromatic amines is 1. The van der Waals surface area contributed by atoms with E-state index in [9.17, 15) is 0 Å². The van der Waals surface area contributed by atoms with Crippen LogP contribution in [0.25, 0.3) is 10.9 Å². The number of para-hydroxylation sites is 1. The van der Waals surface area contributed by atoms with Crippen LogP contribution in [-0.2, 0) is 6.42 Å². The van der Waals surface area contributed by atoms with E-state index in [1.54, 1.807) is 7.11 Å². The predicted octanol–water partition coefficient (Wildman–Crippen LogP) is 3.83. The molecule has 1 atom stereocenters. The van der Waals surface area contributed by atoms with E-state index in [1.165, 1.54) is 27.7 Å². The van der Waals surface area contributed by atoms with Crippen molar-refractivity contribution in [3.05, 3.63) is 65.4 Å². The average Bonchev–Trinajstić information content (AvgIpc) is 2.94. The zero-order chi connectivity index (χ0) is 14.2. The third-order valence-electron chi connectivity index (χ3n) is 4.31. The number of nitrogens with one attached hydrogen (secondary N) is 2. The number of hydrogen-bond acceptors (Lipinski definition) is 2. The minimum absolute atomic E-state index is 0. The highest BCUT2D eigenvalue weighted by molar-refractivity contribution is 5.85. The normalized spacial score (nSPS) is 16.9. The van der Waals surface area contributed by atoms with Gasteiger partial charge in [-0.15, -0.1) is 12.4 Å². The maximum absolute atomic E-state index is 5.25. The van der Waals surface area contributed by atoms with Crippen LogP contribution in [0.1, 0.15) is 22.9 Å². The van der Waals surface area contributed by atoms with E-state index in [0.29, 0.717) is 0 Å². The lowest BCUT2D eigenvalue weighted by atomic mass is 9.94. The number of H-pyrrole nitrogens is 1. The molecule has 2 aromatic carbocycles. The Morgan fingerprint density at radius 2 is 1.82 bits per heavy atom. The van der Waals surface area contributed by atoms with E-state index in [1.807, 2.05) is 12.1 Å². The Kier molecular flexibility index (Phi) is 4.10. The minimum Gasteiger partial charge on any atom is -0.497 e. The highest BCUT2D eigenvalue weighted by Crippen LogP contribution is 2.33. The van der Waals surface area contributed by atoms with Crippen molar-refractivity contribution in [2.75, 3.05) is 13.7 Å². The fourth-order valence-electron chi connectivity index (χ4n) is 3.26. The van der Waals surface area contributed by atoms with Crippen LogP contribution in [0.5, 0.6) is 5.75 Å². The summed E-state index contributed by atoms with van der Waals surface area (Å²) >= 11 is 0. The lowest BCUT2D eigenvalue weighted by Crippen LogP contribution is -2.30. The molecule has 0 bridgehead atoms. The third kappa shape index (κ3) is 2.36. The number of halogens is 1. The quantitative estimate of drug-likeness (QED) is 0.754. The van der Waals surface area contributed by atoms with Crippen molar-refractivity contribution in [1.82, 2.24) is 10.3 Å². The van der Waals surface area contributed by atoms with Gasteiger partial charge in [0.25, 0.3) is 0 Å². The number of hydrogen-bond donors (Lipinski definition) is 2. The topological polar surface area (TPSA) is 37.0 Å². The van der Waals surface area contributed by atoms with Crippen molar-refractivity contribution < 1.29 is 4.74 Å². The standard InChI is InChI=1S/C18H18N2O.ClH/c1-21-13-8-6-12(7-9-13)17-18-15(10-11-19-17)14-4-2-3-5-16(14)20-18;/h2-9,17,19-20H,10-11H2,1H3;1H. The number of aromatic nitrogens is 1. The number of benzene rings is 2. The largest absolute Gasteiger partial charge is 0.497 e. The first-order valence-electron chi connectivity index (χ1n) is 7.33. The van der Waals surface area contributed by atoms with Crippen LogP contribution in [0, 0.1) is 0 Å². The third-order valence-corrected chi connectivity index (χ3v) is 4.31. The second-order valence-corrected chi connectivity index (χ2v) is 5.47. The molecule has 3 nitrogen and oxygen atoms in total. The van der Waals surface area contributed by atoms with E-state index in [4.69, 9.17) is 4.74 Å². The Bertz CT molecular complexity index is 779. The van der Waals surface area contributed by atoms with Gasteiger partial charge in [0, 0.05) is 23.1 Å². The van der Waals surface area contributed by atoms with Gasteiger partial charge in [0.15, 0.2) is 0 Å². The first-order valence-corrected chi connectivity index (χ1v) is 7.33. The fourth-order valence-corrected chi connectivity index (χ4v) is 3.26. The van der Waals surface area contributed by atoms with Gasteiger partial charge in [-0.25, -0.2) is 0 Å². The van der Waals surface area contributed by atoms with Crippen molar-refractivity contribution in [2.24, 2.45) is 0 Å². The van der Waals surface area contributed by atoms with Crippen molar-refractivity contribution in [1.29, 1.82) is 0 Å². The summed E-state index contributed by atoms with van der Waals surface area (Å²) in [7, 11) is 1.70. The van der Waals surface area contributed by atoms with E-state index >= 15 is 0 Å². The second-order valence-electron chi connectivity index (χ2n) is 5.47. The SMILES string of the molecule is COc1ccc(C2NCCc3c2[nH]c2ccccc32)cc1.Cl. The Labute approximate surface area is 136 Å². The van der Waals surface area contributed by atoms with Crippen LogP contribution >= 0.6 is 12.4 Å². The summed E-state index contributed by atoms with van der Waals surface area (Å²) in [6, 6.07) is 17.1. The zero-order valence-corrected chi connectivity index (χ0v) is 13.2. The molecule has 2 N–H and O–H groups in total. The van der Waals surface area contributed by atoms with Gasteiger partial charge in [-0.2, -0.15) is 0 Å². The van der Waals surface area contributed by atoms with Crippen LogP contribution in [0.4, 0.5) is 0 Å². The lowest BCUT2D eigenvalue weighted by Gasteiger charge is -2.25. The number of rotatable bonds is 2. The van der Waals surface area contributed by atoms with Gasteiger partial charge < -0.3 is 15.0 Å². The molecule has 1 aromatic heterocycles. The summed E-state index contributed by atoms with van der Waals surface area (Å²) in [5.41, 5.74) is 5.24. The van der Waals surface area contributed by atoms with Crippen molar-refractivity contribution in [3.8, 4) is 5.75 Å². The highest BCUT2D eigenvalue weighted by Gasteiger charge is 2.24. The molecule has 0 saturated carbocycles. The van der Waals surface area contributed by atoms with E-state index in [2.05, 4.69) is 46.7 Å². The molecule has 22 heavy (non-hydrogen) atoms. The molecule has 4 rings (SSSR count). The molecule has 0 radical (unpaired) electrons.